The monoisotopic (exact) mass is 182 g/mol. The molecule has 1 aliphatic heterocycles. The summed E-state index contributed by atoms with van der Waals surface area (Å²) in [6, 6.07) is 3.01. The molecule has 0 bridgehead atoms. The maximum Gasteiger partial charge on any atom is 0.180 e. The molecule has 1 aromatic carbocycles. The van der Waals surface area contributed by atoms with Gasteiger partial charge in [0.1, 0.15) is 12.3 Å². The lowest BCUT2D eigenvalue weighted by atomic mass is 10.2. The summed E-state index contributed by atoms with van der Waals surface area (Å²) in [5.74, 6) is -0.137. The number of fused-ring (bicyclic) bond motifs is 1. The molecule has 3 nitrogen and oxygen atoms in total. The largest absolute Gasteiger partial charge is 0.486 e. The zero-order valence-electron chi connectivity index (χ0n) is 7.30. The number of hydrogen-bond acceptors (Lipinski definition) is 3. The van der Waals surface area contributed by atoms with Crippen molar-refractivity contribution in [3.05, 3.63) is 17.9 Å². The van der Waals surface area contributed by atoms with E-state index in [0.29, 0.717) is 18.0 Å². The molecule has 1 heterocycles. The normalized spacial score (nSPS) is 20.0. The molecule has 3 N–H and O–H groups in total. The number of benzene rings is 1. The molecule has 0 amide bonds. The Morgan fingerprint density at radius 2 is 2.38 bits per heavy atom. The van der Waals surface area contributed by atoms with E-state index in [9.17, 15) is 4.39 Å². The van der Waals surface area contributed by atoms with Gasteiger partial charge in [0.15, 0.2) is 11.6 Å². The highest BCUT2D eigenvalue weighted by molar-refractivity contribution is 5.74. The zero-order chi connectivity index (χ0) is 9.42. The van der Waals surface area contributed by atoms with Gasteiger partial charge < -0.3 is 15.8 Å². The van der Waals surface area contributed by atoms with Crippen molar-refractivity contribution in [2.75, 3.05) is 17.7 Å². The highest BCUT2D eigenvalue weighted by atomic mass is 19.1. The molecule has 1 aliphatic rings. The van der Waals surface area contributed by atoms with Crippen LogP contribution in [0.5, 0.6) is 5.75 Å². The van der Waals surface area contributed by atoms with Gasteiger partial charge in [-0.25, -0.2) is 4.39 Å². The average Bonchev–Trinajstić information content (AvgIpc) is 2.12. The first-order chi connectivity index (χ1) is 6.18. The molecule has 70 valence electrons. The second-order valence-corrected chi connectivity index (χ2v) is 3.20. The number of anilines is 2. The molecular weight excluding hydrogens is 171 g/mol. The molecular formula is C9H11FN2O. The van der Waals surface area contributed by atoms with Gasteiger partial charge in [-0.05, 0) is 19.1 Å². The van der Waals surface area contributed by atoms with E-state index in [4.69, 9.17) is 10.5 Å². The zero-order valence-corrected chi connectivity index (χ0v) is 7.30. The first-order valence-corrected chi connectivity index (χ1v) is 4.16. The topological polar surface area (TPSA) is 47.3 Å². The van der Waals surface area contributed by atoms with E-state index in [1.807, 2.05) is 6.92 Å². The van der Waals surface area contributed by atoms with Crippen molar-refractivity contribution in [2.24, 2.45) is 0 Å². The van der Waals surface area contributed by atoms with Gasteiger partial charge in [0.2, 0.25) is 0 Å². The highest BCUT2D eigenvalue weighted by Crippen LogP contribution is 2.36. The van der Waals surface area contributed by atoms with Gasteiger partial charge in [-0.2, -0.15) is 0 Å². The third-order valence-corrected chi connectivity index (χ3v) is 2.01. The molecule has 0 spiro atoms. The van der Waals surface area contributed by atoms with Crippen LogP contribution in [0, 0.1) is 5.82 Å². The summed E-state index contributed by atoms with van der Waals surface area (Å²) in [6.07, 6.45) is 0. The summed E-state index contributed by atoms with van der Waals surface area (Å²) < 4.78 is 18.4. The van der Waals surface area contributed by atoms with E-state index in [-0.39, 0.29) is 17.6 Å². The summed E-state index contributed by atoms with van der Waals surface area (Å²) in [6.45, 7) is 2.42. The number of rotatable bonds is 0. The van der Waals surface area contributed by atoms with Crippen molar-refractivity contribution in [3.63, 3.8) is 0 Å². The third kappa shape index (κ3) is 1.28. The van der Waals surface area contributed by atoms with E-state index in [0.717, 1.165) is 0 Å². The van der Waals surface area contributed by atoms with Crippen LogP contribution in [-0.4, -0.2) is 12.6 Å². The number of ether oxygens (including phenoxy) is 1. The molecule has 1 aromatic rings. The van der Waals surface area contributed by atoms with Gasteiger partial charge in [0.05, 0.1) is 11.7 Å². The van der Waals surface area contributed by atoms with Crippen molar-refractivity contribution in [1.29, 1.82) is 0 Å². The predicted molar refractivity (Wildman–Crippen MR) is 49.4 cm³/mol. The van der Waals surface area contributed by atoms with Crippen molar-refractivity contribution < 1.29 is 9.13 Å². The molecule has 0 fully saturated rings. The summed E-state index contributed by atoms with van der Waals surface area (Å²) >= 11 is 0. The van der Waals surface area contributed by atoms with Gasteiger partial charge in [0, 0.05) is 0 Å². The molecule has 2 rings (SSSR count). The molecule has 4 heteroatoms. The Hall–Kier alpha value is -1.45. The molecule has 0 aromatic heterocycles. The van der Waals surface area contributed by atoms with E-state index in [2.05, 4.69) is 5.32 Å². The van der Waals surface area contributed by atoms with Crippen LogP contribution in [0.4, 0.5) is 15.8 Å². The Bertz CT molecular complexity index is 341. The second-order valence-electron chi connectivity index (χ2n) is 3.20. The molecule has 1 atom stereocenters. The molecule has 13 heavy (non-hydrogen) atoms. The van der Waals surface area contributed by atoms with E-state index < -0.39 is 0 Å². The first-order valence-electron chi connectivity index (χ1n) is 4.16. The number of halogens is 1. The van der Waals surface area contributed by atoms with E-state index in [1.54, 1.807) is 0 Å². The van der Waals surface area contributed by atoms with Crippen LogP contribution in [0.1, 0.15) is 6.92 Å². The lowest BCUT2D eigenvalue weighted by molar-refractivity contribution is 0.278. The fourth-order valence-electron chi connectivity index (χ4n) is 1.36. The Labute approximate surface area is 75.7 Å². The van der Waals surface area contributed by atoms with Crippen LogP contribution >= 0.6 is 0 Å². The van der Waals surface area contributed by atoms with Crippen molar-refractivity contribution >= 4 is 11.4 Å². The Morgan fingerprint density at radius 1 is 1.62 bits per heavy atom. The van der Waals surface area contributed by atoms with Crippen molar-refractivity contribution in [3.8, 4) is 5.75 Å². The molecule has 0 saturated carbocycles. The fraction of sp³-hybridized carbons (Fsp3) is 0.333. The Kier molecular flexibility index (Phi) is 1.76. The van der Waals surface area contributed by atoms with Gasteiger partial charge in [0.25, 0.3) is 0 Å². The van der Waals surface area contributed by atoms with Crippen LogP contribution in [-0.2, 0) is 0 Å². The van der Waals surface area contributed by atoms with E-state index >= 15 is 0 Å². The number of nitrogens with two attached hydrogens (primary N) is 1. The Balaban J connectivity index is 2.51. The van der Waals surface area contributed by atoms with Crippen LogP contribution in [0.2, 0.25) is 0 Å². The maximum absolute atomic E-state index is 13.2. The summed E-state index contributed by atoms with van der Waals surface area (Å²) in [4.78, 5) is 0. The molecule has 0 aliphatic carbocycles. The van der Waals surface area contributed by atoms with Crippen LogP contribution < -0.4 is 15.8 Å². The summed E-state index contributed by atoms with van der Waals surface area (Å²) in [7, 11) is 0. The van der Waals surface area contributed by atoms with Gasteiger partial charge in [-0.15, -0.1) is 0 Å². The van der Waals surface area contributed by atoms with Gasteiger partial charge in [-0.1, -0.05) is 0 Å². The van der Waals surface area contributed by atoms with Gasteiger partial charge in [-0.3, -0.25) is 0 Å². The second kappa shape index (κ2) is 2.80. The number of hydrogen-bond donors (Lipinski definition) is 2. The average molecular weight is 182 g/mol. The molecule has 0 saturated heterocycles. The highest BCUT2D eigenvalue weighted by Gasteiger charge is 2.20. The van der Waals surface area contributed by atoms with Crippen LogP contribution in [0.15, 0.2) is 12.1 Å². The van der Waals surface area contributed by atoms with Gasteiger partial charge >= 0.3 is 0 Å². The summed E-state index contributed by atoms with van der Waals surface area (Å²) in [5, 5.41) is 3.08. The minimum Gasteiger partial charge on any atom is -0.486 e. The fourth-order valence-corrected chi connectivity index (χ4v) is 1.36. The number of nitrogens with one attached hydrogen (secondary N) is 1. The smallest absolute Gasteiger partial charge is 0.180 e. The lowest BCUT2D eigenvalue weighted by Crippen LogP contribution is -2.29. The molecule has 0 unspecified atom stereocenters. The Morgan fingerprint density at radius 3 is 3.15 bits per heavy atom. The van der Waals surface area contributed by atoms with Crippen LogP contribution in [0.25, 0.3) is 0 Å². The third-order valence-electron chi connectivity index (χ3n) is 2.01. The lowest BCUT2D eigenvalue weighted by Gasteiger charge is -2.26. The predicted octanol–water partition coefficient (Wildman–Crippen LogP) is 1.60. The SMILES string of the molecule is C[C@H]1COc2c(F)ccc(N)c2N1. The van der Waals surface area contributed by atoms with Crippen molar-refractivity contribution in [1.82, 2.24) is 0 Å². The van der Waals surface area contributed by atoms with Crippen LogP contribution in [0.3, 0.4) is 0 Å². The first kappa shape index (κ1) is 8.16. The minimum atomic E-state index is -0.372. The number of nitrogen functional groups attached to an aromatic ring is 1. The molecule has 0 radical (unpaired) electrons. The van der Waals surface area contributed by atoms with E-state index in [1.165, 1.54) is 12.1 Å². The summed E-state index contributed by atoms with van der Waals surface area (Å²) in [5.41, 5.74) is 6.75. The minimum absolute atomic E-state index is 0.164. The standard InChI is InChI=1S/C9H11FN2O/c1-5-4-13-9-6(10)2-3-7(11)8(9)12-5/h2-3,5,12H,4,11H2,1H3/t5-/m0/s1. The maximum atomic E-state index is 13.2. The van der Waals surface area contributed by atoms with Crippen molar-refractivity contribution in [2.45, 2.75) is 13.0 Å². The quantitative estimate of drug-likeness (QED) is 0.599.